The highest BCUT2D eigenvalue weighted by atomic mass is 35.5. The van der Waals surface area contributed by atoms with E-state index in [1.165, 1.54) is 11.8 Å². The Morgan fingerprint density at radius 2 is 1.96 bits per heavy atom. The Kier molecular flexibility index (Phi) is 6.33. The molecular weight excluding hydrogens is 357 g/mol. The quantitative estimate of drug-likeness (QED) is 0.499. The van der Waals surface area contributed by atoms with Crippen LogP contribution in [0.15, 0.2) is 23.2 Å². The van der Waals surface area contributed by atoms with E-state index in [-0.39, 0.29) is 18.2 Å². The van der Waals surface area contributed by atoms with Crippen molar-refractivity contribution in [2.45, 2.75) is 25.5 Å². The van der Waals surface area contributed by atoms with Crippen LogP contribution in [-0.4, -0.2) is 35.3 Å². The summed E-state index contributed by atoms with van der Waals surface area (Å²) < 4.78 is 0. The molecule has 124 valence electrons. The molecule has 0 aliphatic carbocycles. The number of benzene rings is 1. The van der Waals surface area contributed by atoms with Crippen molar-refractivity contribution in [3.8, 4) is 0 Å². The summed E-state index contributed by atoms with van der Waals surface area (Å²) in [5, 5.41) is 4.04. The number of hydrogen-bond donors (Lipinski definition) is 1. The van der Waals surface area contributed by atoms with Gasteiger partial charge in [0.15, 0.2) is 5.17 Å². The molecule has 0 radical (unpaired) electrons. The molecule has 1 fully saturated rings. The Morgan fingerprint density at radius 1 is 1.30 bits per heavy atom. The highest BCUT2D eigenvalue weighted by molar-refractivity contribution is 8.15. The zero-order valence-corrected chi connectivity index (χ0v) is 15.1. The maximum Gasteiger partial charge on any atom is 0.247 e. The average Bonchev–Trinajstić information content (AvgIpc) is 2.73. The zero-order valence-electron chi connectivity index (χ0n) is 12.8. The number of halogens is 2. The van der Waals surface area contributed by atoms with Crippen molar-refractivity contribution in [1.29, 1.82) is 0 Å². The summed E-state index contributed by atoms with van der Waals surface area (Å²) in [6, 6.07) is 4.67. The molecule has 1 heterocycles. The van der Waals surface area contributed by atoms with E-state index in [0.29, 0.717) is 34.0 Å². The lowest BCUT2D eigenvalue weighted by atomic mass is 10.3. The molecule has 1 saturated heterocycles. The molecule has 8 heteroatoms. The molecular formula is C15H17Cl2N3O2S. The molecule has 1 atom stereocenters. The second-order valence-electron chi connectivity index (χ2n) is 4.82. The van der Waals surface area contributed by atoms with Crippen molar-refractivity contribution in [3.63, 3.8) is 0 Å². The first-order chi connectivity index (χ1) is 11.0. The number of amidine groups is 1. The predicted octanol–water partition coefficient (Wildman–Crippen LogP) is 3.34. The Bertz CT molecular complexity index is 631. The standard InChI is InChI=1S/C15H17Cl2N3O2S/c1-3-18-15(19-4-2)23-12-8-13(21)20(14(12)22)11-6-9(16)5-10(17)7-11/h5-7,12H,3-4,8H2,1-2H3,(H,18,19)/t12-/m0/s1. The van der Waals surface area contributed by atoms with E-state index >= 15 is 0 Å². The van der Waals surface area contributed by atoms with Crippen LogP contribution >= 0.6 is 35.0 Å². The van der Waals surface area contributed by atoms with Crippen LogP contribution in [0, 0.1) is 0 Å². The highest BCUT2D eigenvalue weighted by Gasteiger charge is 2.40. The average molecular weight is 374 g/mol. The number of carbonyl (C=O) groups excluding carboxylic acids is 2. The van der Waals surface area contributed by atoms with Gasteiger partial charge in [-0.05, 0) is 32.0 Å². The van der Waals surface area contributed by atoms with E-state index in [4.69, 9.17) is 23.2 Å². The van der Waals surface area contributed by atoms with Gasteiger partial charge in [-0.1, -0.05) is 35.0 Å². The van der Waals surface area contributed by atoms with Crippen LogP contribution in [-0.2, 0) is 9.59 Å². The molecule has 1 N–H and O–H groups in total. The molecule has 0 unspecified atom stereocenters. The second-order valence-corrected chi connectivity index (χ2v) is 6.88. The second kappa shape index (κ2) is 8.04. The van der Waals surface area contributed by atoms with E-state index < -0.39 is 5.25 Å². The van der Waals surface area contributed by atoms with E-state index in [1.807, 2.05) is 13.8 Å². The zero-order chi connectivity index (χ0) is 17.0. The fraction of sp³-hybridized carbons (Fsp3) is 0.400. The molecule has 23 heavy (non-hydrogen) atoms. The molecule has 1 aliphatic rings. The molecule has 0 saturated carbocycles. The number of hydrogen-bond acceptors (Lipinski definition) is 4. The maximum atomic E-state index is 12.6. The van der Waals surface area contributed by atoms with E-state index in [1.54, 1.807) is 18.2 Å². The van der Waals surface area contributed by atoms with Gasteiger partial charge in [0.2, 0.25) is 11.8 Å². The lowest BCUT2D eigenvalue weighted by Crippen LogP contribution is -2.32. The summed E-state index contributed by atoms with van der Waals surface area (Å²) in [6.45, 7) is 5.18. The van der Waals surface area contributed by atoms with E-state index in [2.05, 4.69) is 10.3 Å². The molecule has 1 aromatic rings. The third-order valence-corrected chi connectivity index (χ3v) is 4.68. The molecule has 0 aromatic heterocycles. The monoisotopic (exact) mass is 373 g/mol. The molecule has 2 rings (SSSR count). The Morgan fingerprint density at radius 3 is 2.52 bits per heavy atom. The minimum Gasteiger partial charge on any atom is -0.365 e. The molecule has 5 nitrogen and oxygen atoms in total. The van der Waals surface area contributed by atoms with Gasteiger partial charge in [-0.3, -0.25) is 14.6 Å². The van der Waals surface area contributed by atoms with Gasteiger partial charge in [0, 0.05) is 29.6 Å². The summed E-state index contributed by atoms with van der Waals surface area (Å²) in [6.07, 6.45) is 0.127. The van der Waals surface area contributed by atoms with Gasteiger partial charge < -0.3 is 5.32 Å². The van der Waals surface area contributed by atoms with Crippen LogP contribution in [0.5, 0.6) is 0 Å². The number of carbonyl (C=O) groups is 2. The fourth-order valence-corrected chi connectivity index (χ4v) is 3.85. The van der Waals surface area contributed by atoms with Crippen LogP contribution < -0.4 is 10.2 Å². The lowest BCUT2D eigenvalue weighted by molar-refractivity contribution is -0.121. The number of aliphatic imine (C=N–C) groups is 1. The van der Waals surface area contributed by atoms with Crippen LogP contribution in [0.4, 0.5) is 5.69 Å². The van der Waals surface area contributed by atoms with E-state index in [0.717, 1.165) is 4.90 Å². The van der Waals surface area contributed by atoms with Crippen molar-refractivity contribution in [1.82, 2.24) is 5.32 Å². The number of nitrogens with one attached hydrogen (secondary N) is 1. The smallest absolute Gasteiger partial charge is 0.247 e. The van der Waals surface area contributed by atoms with Gasteiger partial charge >= 0.3 is 0 Å². The molecule has 0 spiro atoms. The summed E-state index contributed by atoms with van der Waals surface area (Å²) in [7, 11) is 0. The van der Waals surface area contributed by atoms with Gasteiger partial charge in [0.1, 0.15) is 5.25 Å². The molecule has 1 aliphatic heterocycles. The third kappa shape index (κ3) is 4.40. The minimum absolute atomic E-state index is 0.127. The predicted molar refractivity (Wildman–Crippen MR) is 96.6 cm³/mol. The Hall–Kier alpha value is -1.24. The van der Waals surface area contributed by atoms with Crippen LogP contribution in [0.3, 0.4) is 0 Å². The number of thioether (sulfide) groups is 1. The number of anilines is 1. The maximum absolute atomic E-state index is 12.6. The molecule has 2 amide bonds. The van der Waals surface area contributed by atoms with Crippen LogP contribution in [0.25, 0.3) is 0 Å². The van der Waals surface area contributed by atoms with Crippen molar-refractivity contribution >= 4 is 57.6 Å². The largest absolute Gasteiger partial charge is 0.365 e. The SMILES string of the molecule is CCN=C(NCC)S[C@H]1CC(=O)N(c2cc(Cl)cc(Cl)c2)C1=O. The van der Waals surface area contributed by atoms with Crippen LogP contribution in [0.2, 0.25) is 10.0 Å². The van der Waals surface area contributed by atoms with Gasteiger partial charge in [-0.25, -0.2) is 4.90 Å². The lowest BCUT2D eigenvalue weighted by Gasteiger charge is -2.16. The Balaban J connectivity index is 2.21. The molecule has 1 aromatic carbocycles. The summed E-state index contributed by atoms with van der Waals surface area (Å²) in [4.78, 5) is 30.3. The van der Waals surface area contributed by atoms with Crippen molar-refractivity contribution in [2.75, 3.05) is 18.0 Å². The third-order valence-electron chi connectivity index (χ3n) is 3.09. The first-order valence-corrected chi connectivity index (χ1v) is 8.87. The first kappa shape index (κ1) is 18.1. The van der Waals surface area contributed by atoms with E-state index in [9.17, 15) is 9.59 Å². The number of rotatable bonds is 4. The minimum atomic E-state index is -0.496. The number of nitrogens with zero attached hydrogens (tertiary/aromatic N) is 2. The summed E-state index contributed by atoms with van der Waals surface area (Å²) >= 11 is 13.2. The van der Waals surface area contributed by atoms with Crippen molar-refractivity contribution in [2.24, 2.45) is 4.99 Å². The van der Waals surface area contributed by atoms with Crippen molar-refractivity contribution < 1.29 is 9.59 Å². The normalized spacial score (nSPS) is 18.7. The number of imide groups is 1. The fourth-order valence-electron chi connectivity index (χ4n) is 2.20. The van der Waals surface area contributed by atoms with Gasteiger partial charge in [-0.15, -0.1) is 0 Å². The molecule has 0 bridgehead atoms. The van der Waals surface area contributed by atoms with Gasteiger partial charge in [0.05, 0.1) is 5.69 Å². The van der Waals surface area contributed by atoms with Gasteiger partial charge in [-0.2, -0.15) is 0 Å². The van der Waals surface area contributed by atoms with Crippen LogP contribution in [0.1, 0.15) is 20.3 Å². The Labute approximate surface area is 149 Å². The topological polar surface area (TPSA) is 61.8 Å². The summed E-state index contributed by atoms with van der Waals surface area (Å²) in [5.74, 6) is -0.543. The van der Waals surface area contributed by atoms with Gasteiger partial charge in [0.25, 0.3) is 0 Å². The highest BCUT2D eigenvalue weighted by Crippen LogP contribution is 2.33. The van der Waals surface area contributed by atoms with Crippen molar-refractivity contribution in [3.05, 3.63) is 28.2 Å². The summed E-state index contributed by atoms with van der Waals surface area (Å²) in [5.41, 5.74) is 0.401. The number of amides is 2. The first-order valence-electron chi connectivity index (χ1n) is 7.24.